The molecule has 90 valence electrons. The highest BCUT2D eigenvalue weighted by atomic mass is 35.5. The molecule has 0 saturated carbocycles. The first-order valence-electron chi connectivity index (χ1n) is 4.84. The van der Waals surface area contributed by atoms with Crippen LogP contribution in [-0.2, 0) is 4.79 Å². The maximum Gasteiger partial charge on any atom is 0.275 e. The quantitative estimate of drug-likeness (QED) is 0.494. The van der Waals surface area contributed by atoms with Gasteiger partial charge in [0.25, 0.3) is 5.91 Å². The molecule has 2 N–H and O–H groups in total. The zero-order valence-electron chi connectivity index (χ0n) is 9.44. The molecule has 1 aromatic carbocycles. The highest BCUT2D eigenvalue weighted by Crippen LogP contribution is 2.19. The topological polar surface area (TPSA) is 74.0 Å². The number of aliphatic hydroxyl groups excluding tert-OH is 1. The lowest BCUT2D eigenvalue weighted by Gasteiger charge is -2.00. The summed E-state index contributed by atoms with van der Waals surface area (Å²) >= 11 is 5.77. The van der Waals surface area contributed by atoms with E-state index in [9.17, 15) is 9.90 Å². The van der Waals surface area contributed by atoms with Crippen LogP contribution in [0, 0.1) is 0 Å². The van der Waals surface area contributed by atoms with Crippen LogP contribution in [0.4, 0.5) is 5.69 Å². The summed E-state index contributed by atoms with van der Waals surface area (Å²) in [6, 6.07) is 6.70. The molecule has 0 unspecified atom stereocenters. The van der Waals surface area contributed by atoms with E-state index in [2.05, 4.69) is 15.5 Å². The van der Waals surface area contributed by atoms with Crippen LogP contribution in [0.25, 0.3) is 0 Å². The molecule has 1 amide bonds. The van der Waals surface area contributed by atoms with Crippen LogP contribution in [0.3, 0.4) is 0 Å². The minimum Gasteiger partial charge on any atom is -0.510 e. The highest BCUT2D eigenvalue weighted by molar-refractivity contribution is 6.30. The largest absolute Gasteiger partial charge is 0.510 e. The fourth-order valence-electron chi connectivity index (χ4n) is 1.05. The molecule has 0 bridgehead atoms. The van der Waals surface area contributed by atoms with Gasteiger partial charge in [-0.3, -0.25) is 4.79 Å². The number of amides is 1. The summed E-state index contributed by atoms with van der Waals surface area (Å²) in [6.45, 7) is 1.36. The Kier molecular flexibility index (Phi) is 4.66. The van der Waals surface area contributed by atoms with Crippen molar-refractivity contribution in [1.82, 2.24) is 5.32 Å². The van der Waals surface area contributed by atoms with Gasteiger partial charge in [0.05, 0.1) is 5.69 Å². The van der Waals surface area contributed by atoms with Crippen molar-refractivity contribution in [3.8, 4) is 0 Å². The van der Waals surface area contributed by atoms with Crippen molar-refractivity contribution in [2.75, 3.05) is 7.05 Å². The fraction of sp³-hybridized carbons (Fsp3) is 0.182. The predicted octanol–water partition coefficient (Wildman–Crippen LogP) is 2.96. The number of hydrogen-bond donors (Lipinski definition) is 2. The number of benzene rings is 1. The van der Waals surface area contributed by atoms with Gasteiger partial charge in [-0.15, -0.1) is 5.11 Å². The normalized spacial score (nSPS) is 12.4. The van der Waals surface area contributed by atoms with E-state index in [1.165, 1.54) is 14.0 Å². The fourth-order valence-corrected chi connectivity index (χ4v) is 1.23. The van der Waals surface area contributed by atoms with Crippen molar-refractivity contribution in [3.63, 3.8) is 0 Å². The van der Waals surface area contributed by atoms with Crippen molar-refractivity contribution in [3.05, 3.63) is 40.7 Å². The molecular weight excluding hydrogens is 242 g/mol. The van der Waals surface area contributed by atoms with Crippen LogP contribution in [-0.4, -0.2) is 18.1 Å². The minimum absolute atomic E-state index is 0.132. The Balaban J connectivity index is 2.96. The van der Waals surface area contributed by atoms with Gasteiger partial charge in [-0.25, -0.2) is 0 Å². The standard InChI is InChI=1S/C11H12ClN3O2/c1-7(16)10(11(17)13-2)15-14-9-5-3-4-8(12)6-9/h3-6,16H,1-2H3,(H,13,17)/b10-7+,15-14?. The molecule has 0 spiro atoms. The van der Waals surface area contributed by atoms with E-state index < -0.39 is 5.91 Å². The molecule has 0 atom stereocenters. The zero-order chi connectivity index (χ0) is 12.8. The zero-order valence-corrected chi connectivity index (χ0v) is 10.2. The Bertz CT molecular complexity index is 479. The molecule has 0 radical (unpaired) electrons. The van der Waals surface area contributed by atoms with Crippen LogP contribution in [0.5, 0.6) is 0 Å². The van der Waals surface area contributed by atoms with Crippen molar-refractivity contribution in [2.24, 2.45) is 10.2 Å². The predicted molar refractivity (Wildman–Crippen MR) is 65.4 cm³/mol. The van der Waals surface area contributed by atoms with Gasteiger partial charge >= 0.3 is 0 Å². The lowest BCUT2D eigenvalue weighted by Crippen LogP contribution is -2.20. The number of hydrogen-bond acceptors (Lipinski definition) is 4. The van der Waals surface area contributed by atoms with E-state index in [0.29, 0.717) is 10.7 Å². The molecular formula is C11H12ClN3O2. The number of nitrogens with one attached hydrogen (secondary N) is 1. The summed E-state index contributed by atoms with van der Waals surface area (Å²) in [4.78, 5) is 11.3. The summed E-state index contributed by atoms with van der Waals surface area (Å²) < 4.78 is 0. The number of allylic oxidation sites excluding steroid dienone is 1. The molecule has 17 heavy (non-hydrogen) atoms. The summed E-state index contributed by atoms with van der Waals surface area (Å²) in [7, 11) is 1.44. The first kappa shape index (κ1) is 13.2. The van der Waals surface area contributed by atoms with Gasteiger partial charge in [-0.05, 0) is 25.1 Å². The summed E-state index contributed by atoms with van der Waals surface area (Å²) in [5.74, 6) is -0.703. The van der Waals surface area contributed by atoms with Crippen molar-refractivity contribution < 1.29 is 9.90 Å². The van der Waals surface area contributed by atoms with Gasteiger partial charge < -0.3 is 10.4 Å². The molecule has 0 saturated heterocycles. The highest BCUT2D eigenvalue weighted by Gasteiger charge is 2.10. The van der Waals surface area contributed by atoms with Crippen molar-refractivity contribution in [2.45, 2.75) is 6.92 Å². The average Bonchev–Trinajstić information content (AvgIpc) is 2.28. The first-order chi connectivity index (χ1) is 8.04. The Morgan fingerprint density at radius 1 is 1.47 bits per heavy atom. The third-order valence-corrected chi connectivity index (χ3v) is 2.09. The number of carbonyl (C=O) groups excluding carboxylic acids is 1. The lowest BCUT2D eigenvalue weighted by atomic mass is 10.3. The van der Waals surface area contributed by atoms with Gasteiger partial charge in [0.15, 0.2) is 5.70 Å². The Morgan fingerprint density at radius 3 is 2.71 bits per heavy atom. The van der Waals surface area contributed by atoms with Crippen LogP contribution >= 0.6 is 11.6 Å². The van der Waals surface area contributed by atoms with E-state index in [-0.39, 0.29) is 11.5 Å². The first-order valence-corrected chi connectivity index (χ1v) is 5.21. The van der Waals surface area contributed by atoms with Gasteiger partial charge in [-0.2, -0.15) is 5.11 Å². The second-order valence-electron chi connectivity index (χ2n) is 3.19. The maximum atomic E-state index is 11.3. The number of rotatable bonds is 3. The maximum absolute atomic E-state index is 11.3. The number of azo groups is 1. The van der Waals surface area contributed by atoms with E-state index in [1.807, 2.05) is 0 Å². The summed E-state index contributed by atoms with van der Waals surface area (Å²) in [5.41, 5.74) is 0.368. The molecule has 1 aromatic rings. The van der Waals surface area contributed by atoms with Crippen molar-refractivity contribution in [1.29, 1.82) is 0 Å². The number of halogens is 1. The molecule has 0 aromatic heterocycles. The van der Waals surface area contributed by atoms with Crippen LogP contribution in [0.1, 0.15) is 6.92 Å². The molecule has 5 nitrogen and oxygen atoms in total. The molecule has 0 aliphatic heterocycles. The van der Waals surface area contributed by atoms with E-state index >= 15 is 0 Å². The van der Waals surface area contributed by atoms with E-state index in [0.717, 1.165) is 0 Å². The Hall–Kier alpha value is -1.88. The monoisotopic (exact) mass is 253 g/mol. The van der Waals surface area contributed by atoms with Gasteiger partial charge in [-0.1, -0.05) is 17.7 Å². The molecule has 6 heteroatoms. The van der Waals surface area contributed by atoms with E-state index in [4.69, 9.17) is 11.6 Å². The molecule has 0 aliphatic rings. The number of aliphatic hydroxyl groups is 1. The van der Waals surface area contributed by atoms with Crippen LogP contribution < -0.4 is 5.32 Å². The van der Waals surface area contributed by atoms with Gasteiger partial charge in [0, 0.05) is 12.1 Å². The molecule has 0 aliphatic carbocycles. The average molecular weight is 254 g/mol. The second-order valence-corrected chi connectivity index (χ2v) is 3.63. The molecule has 0 heterocycles. The number of carbonyl (C=O) groups is 1. The second kappa shape index (κ2) is 6.00. The third-order valence-electron chi connectivity index (χ3n) is 1.86. The number of nitrogens with zero attached hydrogens (tertiary/aromatic N) is 2. The third kappa shape index (κ3) is 3.88. The van der Waals surface area contributed by atoms with Crippen LogP contribution in [0.2, 0.25) is 5.02 Å². The molecule has 0 fully saturated rings. The number of likely N-dealkylation sites (N-methyl/N-ethyl adjacent to an activating group) is 1. The summed E-state index contributed by atoms with van der Waals surface area (Å²) in [5, 5.41) is 19.7. The SMILES string of the molecule is CNC(=O)/C(N=Nc1cccc(Cl)c1)=C(/C)O. The molecule has 1 rings (SSSR count). The van der Waals surface area contributed by atoms with Crippen LogP contribution in [0.15, 0.2) is 46.0 Å². The Morgan fingerprint density at radius 2 is 2.18 bits per heavy atom. The van der Waals surface area contributed by atoms with Gasteiger partial charge in [0.2, 0.25) is 0 Å². The van der Waals surface area contributed by atoms with Gasteiger partial charge in [0.1, 0.15) is 5.76 Å². The van der Waals surface area contributed by atoms with E-state index in [1.54, 1.807) is 24.3 Å². The van der Waals surface area contributed by atoms with Crippen molar-refractivity contribution >= 4 is 23.2 Å². The Labute approximate surface area is 104 Å². The smallest absolute Gasteiger partial charge is 0.275 e. The minimum atomic E-state index is -0.504. The lowest BCUT2D eigenvalue weighted by molar-refractivity contribution is -0.117. The summed E-state index contributed by atoms with van der Waals surface area (Å²) in [6.07, 6.45) is 0.